The van der Waals surface area contributed by atoms with Gasteiger partial charge in [0, 0.05) is 6.54 Å². The van der Waals surface area contributed by atoms with Crippen LogP contribution in [0.15, 0.2) is 30.3 Å². The van der Waals surface area contributed by atoms with E-state index in [0.29, 0.717) is 5.95 Å². The van der Waals surface area contributed by atoms with Crippen LogP contribution in [0.1, 0.15) is 63.3 Å². The molecule has 2 atom stereocenters. The third-order valence-electron chi connectivity index (χ3n) is 5.11. The Bertz CT molecular complexity index is 714. The van der Waals surface area contributed by atoms with Crippen molar-refractivity contribution >= 4 is 11.9 Å². The summed E-state index contributed by atoms with van der Waals surface area (Å²) in [4.78, 5) is 12.0. The Morgan fingerprint density at radius 2 is 1.88 bits per heavy atom. The summed E-state index contributed by atoms with van der Waals surface area (Å²) in [6.45, 7) is 3.57. The molecule has 1 saturated carbocycles. The molecule has 2 aromatic rings. The number of nitrogens with two attached hydrogens (primary N) is 1. The number of hydrogen-bond donors (Lipinski definition) is 2. The van der Waals surface area contributed by atoms with Crippen molar-refractivity contribution in [1.29, 1.82) is 0 Å². The molecule has 1 aliphatic rings. The second kappa shape index (κ2) is 7.98. The van der Waals surface area contributed by atoms with Crippen LogP contribution < -0.4 is 11.1 Å². The van der Waals surface area contributed by atoms with Gasteiger partial charge in [-0.15, -0.1) is 0 Å². The highest BCUT2D eigenvalue weighted by molar-refractivity contribution is 5.32. The van der Waals surface area contributed by atoms with Crippen molar-refractivity contribution < 1.29 is 4.39 Å². The lowest BCUT2D eigenvalue weighted by Gasteiger charge is -2.37. The van der Waals surface area contributed by atoms with Crippen LogP contribution in [0.2, 0.25) is 0 Å². The van der Waals surface area contributed by atoms with Gasteiger partial charge in [-0.3, -0.25) is 0 Å². The molecule has 6 heteroatoms. The van der Waals surface area contributed by atoms with Gasteiger partial charge in [-0.2, -0.15) is 15.0 Å². The molecule has 0 amide bonds. The third kappa shape index (κ3) is 4.68. The number of anilines is 2. The van der Waals surface area contributed by atoms with Crippen molar-refractivity contribution in [3.63, 3.8) is 0 Å². The molecule has 2 unspecified atom stereocenters. The van der Waals surface area contributed by atoms with Crippen LogP contribution in [0.3, 0.4) is 0 Å². The average Bonchev–Trinajstić information content (AvgIpc) is 2.56. The van der Waals surface area contributed by atoms with Gasteiger partial charge in [0.15, 0.2) is 11.5 Å². The van der Waals surface area contributed by atoms with E-state index >= 15 is 0 Å². The molecule has 0 spiro atoms. The van der Waals surface area contributed by atoms with Gasteiger partial charge in [0.2, 0.25) is 11.9 Å². The Morgan fingerprint density at radius 1 is 1.12 bits per heavy atom. The largest absolute Gasteiger partial charge is 0.368 e. The molecule has 0 saturated heterocycles. The standard InChI is InChI=1S/C20H28FN5/c1-20(2,21)17-24-18(22)26-19(25-17)23-13-7-6-10-15-11-12-16(15)14-8-4-3-5-9-14/h3-5,8-9,15-16H,6-7,10-13H2,1-2H3,(H3,22,23,24,25,26). The Balaban J connectivity index is 1.42. The smallest absolute Gasteiger partial charge is 0.227 e. The lowest BCUT2D eigenvalue weighted by atomic mass is 9.68. The third-order valence-corrected chi connectivity index (χ3v) is 5.11. The van der Waals surface area contributed by atoms with Crippen molar-refractivity contribution in [2.75, 3.05) is 17.6 Å². The van der Waals surface area contributed by atoms with Gasteiger partial charge in [-0.25, -0.2) is 4.39 Å². The minimum Gasteiger partial charge on any atom is -0.368 e. The molecule has 140 valence electrons. The number of alkyl halides is 1. The van der Waals surface area contributed by atoms with Gasteiger partial charge in [0.1, 0.15) is 0 Å². The predicted molar refractivity (Wildman–Crippen MR) is 103 cm³/mol. The van der Waals surface area contributed by atoms with Crippen molar-refractivity contribution in [3.8, 4) is 0 Å². The number of nitrogen functional groups attached to an aromatic ring is 1. The molecule has 3 rings (SSSR count). The highest BCUT2D eigenvalue weighted by Gasteiger charge is 2.31. The van der Waals surface area contributed by atoms with Crippen LogP contribution in [0.25, 0.3) is 0 Å². The van der Waals surface area contributed by atoms with Crippen LogP contribution in [0, 0.1) is 5.92 Å². The second-order valence-electron chi connectivity index (χ2n) is 7.59. The molecular weight excluding hydrogens is 329 g/mol. The van der Waals surface area contributed by atoms with E-state index in [0.717, 1.165) is 31.2 Å². The normalized spacial score (nSPS) is 19.8. The van der Waals surface area contributed by atoms with Gasteiger partial charge in [0.25, 0.3) is 0 Å². The number of aromatic nitrogens is 3. The average molecular weight is 357 g/mol. The Hall–Kier alpha value is -2.24. The van der Waals surface area contributed by atoms with E-state index in [1.165, 1.54) is 38.7 Å². The molecule has 5 nitrogen and oxygen atoms in total. The number of unbranched alkanes of at least 4 members (excludes halogenated alkanes) is 1. The van der Waals surface area contributed by atoms with E-state index in [1.54, 1.807) is 0 Å². The summed E-state index contributed by atoms with van der Waals surface area (Å²) in [5.41, 5.74) is 5.49. The number of rotatable bonds is 8. The predicted octanol–water partition coefficient (Wildman–Crippen LogP) is 4.43. The molecule has 0 bridgehead atoms. The quantitative estimate of drug-likeness (QED) is 0.683. The summed E-state index contributed by atoms with van der Waals surface area (Å²) in [5.74, 6) is 1.98. The maximum Gasteiger partial charge on any atom is 0.227 e. The molecule has 1 aromatic heterocycles. The lowest BCUT2D eigenvalue weighted by Crippen LogP contribution is -2.24. The van der Waals surface area contributed by atoms with E-state index in [4.69, 9.17) is 5.73 Å². The number of halogens is 1. The Kier molecular flexibility index (Phi) is 5.69. The summed E-state index contributed by atoms with van der Waals surface area (Å²) in [6, 6.07) is 10.8. The van der Waals surface area contributed by atoms with E-state index in [9.17, 15) is 4.39 Å². The summed E-state index contributed by atoms with van der Waals surface area (Å²) < 4.78 is 14.0. The number of benzene rings is 1. The van der Waals surface area contributed by atoms with Crippen molar-refractivity contribution in [2.45, 2.75) is 57.5 Å². The fraction of sp³-hybridized carbons (Fsp3) is 0.550. The lowest BCUT2D eigenvalue weighted by molar-refractivity contribution is 0.206. The van der Waals surface area contributed by atoms with Crippen LogP contribution in [-0.2, 0) is 5.67 Å². The van der Waals surface area contributed by atoms with Gasteiger partial charge < -0.3 is 11.1 Å². The molecule has 1 heterocycles. The summed E-state index contributed by atoms with van der Waals surface area (Å²) in [6.07, 6.45) is 6.05. The molecule has 0 aliphatic heterocycles. The van der Waals surface area contributed by atoms with E-state index in [2.05, 4.69) is 50.6 Å². The fourth-order valence-corrected chi connectivity index (χ4v) is 3.52. The first-order valence-corrected chi connectivity index (χ1v) is 9.43. The van der Waals surface area contributed by atoms with E-state index in [1.807, 2.05) is 0 Å². The number of hydrogen-bond acceptors (Lipinski definition) is 5. The molecule has 0 radical (unpaired) electrons. The zero-order chi connectivity index (χ0) is 18.6. The molecule has 1 aliphatic carbocycles. The fourth-order valence-electron chi connectivity index (χ4n) is 3.52. The number of nitrogens with one attached hydrogen (secondary N) is 1. The molecule has 3 N–H and O–H groups in total. The van der Waals surface area contributed by atoms with Crippen LogP contribution in [0.5, 0.6) is 0 Å². The molecule has 1 aromatic carbocycles. The monoisotopic (exact) mass is 357 g/mol. The topological polar surface area (TPSA) is 76.7 Å². The minimum absolute atomic E-state index is 0.0448. The summed E-state index contributed by atoms with van der Waals surface area (Å²) in [5, 5.41) is 3.14. The van der Waals surface area contributed by atoms with Gasteiger partial charge in [0.05, 0.1) is 0 Å². The van der Waals surface area contributed by atoms with Crippen molar-refractivity contribution in [3.05, 3.63) is 41.7 Å². The van der Waals surface area contributed by atoms with Gasteiger partial charge >= 0.3 is 0 Å². The Labute approximate surface area is 154 Å². The van der Waals surface area contributed by atoms with E-state index < -0.39 is 5.67 Å². The summed E-state index contributed by atoms with van der Waals surface area (Å²) in [7, 11) is 0. The SMILES string of the molecule is CC(C)(F)c1nc(N)nc(NCCCCC2CCC2c2ccccc2)n1. The molecular formula is C20H28FN5. The second-order valence-corrected chi connectivity index (χ2v) is 7.59. The zero-order valence-electron chi connectivity index (χ0n) is 15.6. The maximum atomic E-state index is 14.0. The summed E-state index contributed by atoms with van der Waals surface area (Å²) >= 11 is 0. The van der Waals surface area contributed by atoms with Gasteiger partial charge in [-0.1, -0.05) is 36.8 Å². The molecule has 1 fully saturated rings. The van der Waals surface area contributed by atoms with Crippen LogP contribution >= 0.6 is 0 Å². The maximum absolute atomic E-state index is 14.0. The van der Waals surface area contributed by atoms with E-state index in [-0.39, 0.29) is 11.8 Å². The Morgan fingerprint density at radius 3 is 2.54 bits per heavy atom. The zero-order valence-corrected chi connectivity index (χ0v) is 15.6. The van der Waals surface area contributed by atoms with Crippen LogP contribution in [-0.4, -0.2) is 21.5 Å². The highest BCUT2D eigenvalue weighted by atomic mass is 19.1. The highest BCUT2D eigenvalue weighted by Crippen LogP contribution is 2.45. The van der Waals surface area contributed by atoms with Gasteiger partial charge in [-0.05, 0) is 56.9 Å². The number of nitrogens with zero attached hydrogens (tertiary/aromatic N) is 3. The van der Waals surface area contributed by atoms with Crippen molar-refractivity contribution in [1.82, 2.24) is 15.0 Å². The van der Waals surface area contributed by atoms with Crippen molar-refractivity contribution in [2.24, 2.45) is 5.92 Å². The first-order valence-electron chi connectivity index (χ1n) is 9.43. The first kappa shape index (κ1) is 18.5. The minimum atomic E-state index is -1.63. The van der Waals surface area contributed by atoms with Crippen LogP contribution in [0.4, 0.5) is 16.3 Å². The molecule has 26 heavy (non-hydrogen) atoms. The first-order chi connectivity index (χ1) is 12.4.